The Hall–Kier alpha value is -2.76. The van der Waals surface area contributed by atoms with Crippen molar-refractivity contribution in [3.8, 4) is 0 Å². The Balaban J connectivity index is 1.50. The van der Waals surface area contributed by atoms with Crippen LogP contribution in [0.3, 0.4) is 0 Å². The number of aryl methyl sites for hydroxylation is 1. The van der Waals surface area contributed by atoms with Crippen molar-refractivity contribution in [2.75, 3.05) is 10.0 Å². The fraction of sp³-hybridized carbons (Fsp3) is 0.231. The zero-order valence-electron chi connectivity index (χ0n) is 18.0. The highest BCUT2D eigenvalue weighted by Crippen LogP contribution is 2.50. The molecule has 0 radical (unpaired) electrons. The predicted octanol–water partition coefficient (Wildman–Crippen LogP) is 6.58. The molecule has 0 unspecified atom stereocenters. The Labute approximate surface area is 194 Å². The summed E-state index contributed by atoms with van der Waals surface area (Å²) in [5.74, 6) is 0.533. The first-order valence-corrected chi connectivity index (χ1v) is 12.6. The molecule has 3 aromatic carbocycles. The van der Waals surface area contributed by atoms with Gasteiger partial charge in [0, 0.05) is 16.6 Å². The topological polar surface area (TPSA) is 58.2 Å². The van der Waals surface area contributed by atoms with E-state index in [2.05, 4.69) is 53.4 Å². The molecule has 3 aromatic rings. The number of allylic oxidation sites excluding steroid dienone is 2. The zero-order chi connectivity index (χ0) is 22.5. The lowest BCUT2D eigenvalue weighted by molar-refractivity contribution is 0.425. The molecule has 0 aromatic heterocycles. The molecular formula is C26H25ClN2O2S. The minimum atomic E-state index is -3.75. The molecule has 0 saturated heterocycles. The van der Waals surface area contributed by atoms with Crippen molar-refractivity contribution in [2.45, 2.75) is 37.1 Å². The third-order valence-electron chi connectivity index (χ3n) is 6.56. The third kappa shape index (κ3) is 3.70. The molecule has 164 valence electrons. The van der Waals surface area contributed by atoms with Gasteiger partial charge >= 0.3 is 0 Å². The van der Waals surface area contributed by atoms with Gasteiger partial charge in [0.1, 0.15) is 0 Å². The number of fused-ring (bicyclic) bond motifs is 3. The van der Waals surface area contributed by atoms with Gasteiger partial charge in [-0.3, -0.25) is 4.72 Å². The van der Waals surface area contributed by atoms with E-state index in [0.717, 1.165) is 17.7 Å². The largest absolute Gasteiger partial charge is 0.378 e. The van der Waals surface area contributed by atoms with Gasteiger partial charge in [-0.25, -0.2) is 8.42 Å². The van der Waals surface area contributed by atoms with Crippen LogP contribution in [-0.4, -0.2) is 8.42 Å². The first-order chi connectivity index (χ1) is 15.3. The lowest BCUT2D eigenvalue weighted by atomic mass is 9.77. The summed E-state index contributed by atoms with van der Waals surface area (Å²) in [6.45, 7) is 3.91. The van der Waals surface area contributed by atoms with Crippen LogP contribution in [0.25, 0.3) is 0 Å². The number of sulfonamides is 1. The van der Waals surface area contributed by atoms with Gasteiger partial charge in [-0.1, -0.05) is 59.6 Å². The molecule has 0 fully saturated rings. The van der Waals surface area contributed by atoms with Crippen molar-refractivity contribution in [1.82, 2.24) is 0 Å². The van der Waals surface area contributed by atoms with Gasteiger partial charge in [0.15, 0.2) is 0 Å². The summed E-state index contributed by atoms with van der Waals surface area (Å²) in [7, 11) is -3.75. The summed E-state index contributed by atoms with van der Waals surface area (Å²) in [4.78, 5) is 0.255. The number of benzene rings is 3. The van der Waals surface area contributed by atoms with Gasteiger partial charge in [0.2, 0.25) is 0 Å². The number of hydrogen-bond donors (Lipinski definition) is 2. The summed E-state index contributed by atoms with van der Waals surface area (Å²) < 4.78 is 29.0. The van der Waals surface area contributed by atoms with Crippen LogP contribution < -0.4 is 10.0 Å². The Bertz CT molecular complexity index is 1330. The molecular weight excluding hydrogens is 440 g/mol. The van der Waals surface area contributed by atoms with Gasteiger partial charge in [0.05, 0.1) is 16.6 Å². The Morgan fingerprint density at radius 3 is 2.66 bits per heavy atom. The normalized spacial score (nSPS) is 21.5. The summed E-state index contributed by atoms with van der Waals surface area (Å²) in [6, 6.07) is 19.4. The Morgan fingerprint density at radius 2 is 1.84 bits per heavy atom. The van der Waals surface area contributed by atoms with E-state index < -0.39 is 10.0 Å². The van der Waals surface area contributed by atoms with Crippen molar-refractivity contribution in [2.24, 2.45) is 5.92 Å². The Kier molecular flexibility index (Phi) is 5.26. The standard InChI is InChI=1S/C26H25ClN2O2S/c1-16-6-3-7-18(14-16)26-21-9-4-8-20(21)22-15-19(12-13-25(22)28-26)32(30,31)29-24-11-5-10-23(27)17(24)2/h3-8,10-15,20-21,26,28-29H,9H2,1-2H3/t20-,21+,26+/m0/s1. The summed E-state index contributed by atoms with van der Waals surface area (Å²) in [5.41, 5.74) is 5.72. The predicted molar refractivity (Wildman–Crippen MR) is 131 cm³/mol. The van der Waals surface area contributed by atoms with E-state index in [-0.39, 0.29) is 16.9 Å². The van der Waals surface area contributed by atoms with Crippen LogP contribution in [0.1, 0.15) is 40.6 Å². The number of nitrogens with one attached hydrogen (secondary N) is 2. The summed E-state index contributed by atoms with van der Waals surface area (Å²) in [5, 5.41) is 4.21. The molecule has 0 amide bonds. The van der Waals surface area contributed by atoms with E-state index in [4.69, 9.17) is 11.6 Å². The minimum Gasteiger partial charge on any atom is -0.378 e. The molecule has 3 atom stereocenters. The van der Waals surface area contributed by atoms with Crippen LogP contribution in [0.2, 0.25) is 5.02 Å². The molecule has 5 rings (SSSR count). The molecule has 2 N–H and O–H groups in total. The average Bonchev–Trinajstić information content (AvgIpc) is 3.26. The smallest absolute Gasteiger partial charge is 0.261 e. The van der Waals surface area contributed by atoms with Crippen molar-refractivity contribution in [3.63, 3.8) is 0 Å². The zero-order valence-corrected chi connectivity index (χ0v) is 19.5. The van der Waals surface area contributed by atoms with Crippen LogP contribution in [0.15, 0.2) is 77.7 Å². The molecule has 1 aliphatic heterocycles. The van der Waals surface area contributed by atoms with Gasteiger partial charge in [-0.2, -0.15) is 0 Å². The van der Waals surface area contributed by atoms with E-state index in [0.29, 0.717) is 22.2 Å². The molecule has 4 nitrogen and oxygen atoms in total. The van der Waals surface area contributed by atoms with E-state index in [1.165, 1.54) is 11.1 Å². The van der Waals surface area contributed by atoms with Crippen LogP contribution >= 0.6 is 11.6 Å². The first-order valence-electron chi connectivity index (χ1n) is 10.7. The van der Waals surface area contributed by atoms with Crippen LogP contribution in [0.4, 0.5) is 11.4 Å². The minimum absolute atomic E-state index is 0.180. The highest BCUT2D eigenvalue weighted by molar-refractivity contribution is 7.92. The maximum atomic E-state index is 13.2. The monoisotopic (exact) mass is 464 g/mol. The molecule has 2 aliphatic rings. The maximum Gasteiger partial charge on any atom is 0.261 e. The van der Waals surface area contributed by atoms with Gasteiger partial charge in [-0.15, -0.1) is 0 Å². The maximum absolute atomic E-state index is 13.2. The van der Waals surface area contributed by atoms with Crippen molar-refractivity contribution >= 4 is 33.0 Å². The summed E-state index contributed by atoms with van der Waals surface area (Å²) in [6.07, 6.45) is 5.40. The highest BCUT2D eigenvalue weighted by Gasteiger charge is 2.38. The van der Waals surface area contributed by atoms with Crippen molar-refractivity contribution in [3.05, 3.63) is 100 Å². The van der Waals surface area contributed by atoms with Crippen molar-refractivity contribution < 1.29 is 8.42 Å². The van der Waals surface area contributed by atoms with E-state index >= 15 is 0 Å². The molecule has 0 spiro atoms. The van der Waals surface area contributed by atoms with Crippen LogP contribution in [0.5, 0.6) is 0 Å². The number of rotatable bonds is 4. The van der Waals surface area contributed by atoms with E-state index in [1.807, 2.05) is 12.1 Å². The fourth-order valence-corrected chi connectivity index (χ4v) is 6.19. The third-order valence-corrected chi connectivity index (χ3v) is 8.33. The van der Waals surface area contributed by atoms with Gasteiger partial charge < -0.3 is 5.32 Å². The summed E-state index contributed by atoms with van der Waals surface area (Å²) >= 11 is 6.17. The van der Waals surface area contributed by atoms with Crippen LogP contribution in [-0.2, 0) is 10.0 Å². The molecule has 1 aliphatic carbocycles. The van der Waals surface area contributed by atoms with Gasteiger partial charge in [-0.05, 0) is 73.2 Å². The van der Waals surface area contributed by atoms with Crippen LogP contribution in [0, 0.1) is 19.8 Å². The second-order valence-electron chi connectivity index (χ2n) is 8.66. The first kappa shape index (κ1) is 21.1. The number of hydrogen-bond acceptors (Lipinski definition) is 3. The van der Waals surface area contributed by atoms with Crippen molar-refractivity contribution in [1.29, 1.82) is 0 Å². The highest BCUT2D eigenvalue weighted by atomic mass is 35.5. The van der Waals surface area contributed by atoms with Gasteiger partial charge in [0.25, 0.3) is 10.0 Å². The fourth-order valence-electron chi connectivity index (χ4n) is 4.85. The molecule has 32 heavy (non-hydrogen) atoms. The lowest BCUT2D eigenvalue weighted by Gasteiger charge is -2.37. The molecule has 6 heteroatoms. The molecule has 0 saturated carbocycles. The quantitative estimate of drug-likeness (QED) is 0.428. The number of halogens is 1. The SMILES string of the molecule is Cc1cccc([C@H]2Nc3ccc(S(=O)(=O)Nc4cccc(Cl)c4C)cc3[C@H]3C=CC[C@H]32)c1. The second kappa shape index (κ2) is 7.98. The number of anilines is 2. The molecule has 0 bridgehead atoms. The van der Waals surface area contributed by atoms with E-state index in [9.17, 15) is 8.42 Å². The Morgan fingerprint density at radius 1 is 1.03 bits per heavy atom. The lowest BCUT2D eigenvalue weighted by Crippen LogP contribution is -2.29. The molecule has 1 heterocycles. The average molecular weight is 465 g/mol. The second-order valence-corrected chi connectivity index (χ2v) is 10.7. The van der Waals surface area contributed by atoms with E-state index in [1.54, 1.807) is 31.2 Å².